The lowest BCUT2D eigenvalue weighted by Crippen LogP contribution is -2.22. The summed E-state index contributed by atoms with van der Waals surface area (Å²) in [6, 6.07) is 19.1. The van der Waals surface area contributed by atoms with Gasteiger partial charge in [-0.1, -0.05) is 48.5 Å². The smallest absolute Gasteiger partial charge is 0.354 e. The van der Waals surface area contributed by atoms with E-state index >= 15 is 0 Å². The fourth-order valence-corrected chi connectivity index (χ4v) is 3.54. The van der Waals surface area contributed by atoms with Gasteiger partial charge in [-0.2, -0.15) is 10.2 Å². The van der Waals surface area contributed by atoms with Gasteiger partial charge < -0.3 is 15.2 Å². The fourth-order valence-electron chi connectivity index (χ4n) is 3.54. The SMILES string of the molecule is Cc1nn(COc2ccccc2-c2ccccc2)c(C)c1NC(=O)Cn1nccc1C(=O)O. The fraction of sp³-hybridized carbons (Fsp3) is 0.167. The number of amides is 1. The van der Waals surface area contributed by atoms with Crippen molar-refractivity contribution in [2.24, 2.45) is 0 Å². The van der Waals surface area contributed by atoms with Crippen molar-refractivity contribution in [1.29, 1.82) is 0 Å². The highest BCUT2D eigenvalue weighted by Gasteiger charge is 2.18. The molecular weight excluding hydrogens is 422 g/mol. The van der Waals surface area contributed by atoms with Crippen LogP contribution in [0.2, 0.25) is 0 Å². The largest absolute Gasteiger partial charge is 0.477 e. The van der Waals surface area contributed by atoms with Gasteiger partial charge >= 0.3 is 5.97 Å². The van der Waals surface area contributed by atoms with E-state index in [2.05, 4.69) is 15.5 Å². The van der Waals surface area contributed by atoms with E-state index in [1.165, 1.54) is 12.3 Å². The molecule has 4 rings (SSSR count). The summed E-state index contributed by atoms with van der Waals surface area (Å²) in [5.74, 6) is -0.822. The number of aromatic nitrogens is 4. The Hall–Kier alpha value is -4.40. The quantitative estimate of drug-likeness (QED) is 0.427. The number of carboxylic acids is 1. The monoisotopic (exact) mass is 445 g/mol. The third-order valence-electron chi connectivity index (χ3n) is 5.19. The number of aromatic carboxylic acids is 1. The minimum Gasteiger partial charge on any atom is -0.477 e. The predicted octanol–water partition coefficient (Wildman–Crippen LogP) is 3.74. The molecular formula is C24H23N5O4. The van der Waals surface area contributed by atoms with Crippen LogP contribution in [-0.4, -0.2) is 36.5 Å². The van der Waals surface area contributed by atoms with E-state index in [4.69, 9.17) is 4.74 Å². The van der Waals surface area contributed by atoms with Gasteiger partial charge in [0, 0.05) is 11.8 Å². The lowest BCUT2D eigenvalue weighted by atomic mass is 10.1. The molecule has 1 amide bonds. The summed E-state index contributed by atoms with van der Waals surface area (Å²) in [5, 5.41) is 20.4. The molecule has 0 unspecified atom stereocenters. The van der Waals surface area contributed by atoms with Crippen molar-refractivity contribution >= 4 is 17.6 Å². The first kappa shape index (κ1) is 21.8. The molecule has 9 nitrogen and oxygen atoms in total. The number of aryl methyl sites for hydroxylation is 1. The number of rotatable bonds is 8. The van der Waals surface area contributed by atoms with Crippen molar-refractivity contribution in [3.63, 3.8) is 0 Å². The van der Waals surface area contributed by atoms with Crippen molar-refractivity contribution in [2.75, 3.05) is 5.32 Å². The second-order valence-electron chi connectivity index (χ2n) is 7.41. The highest BCUT2D eigenvalue weighted by atomic mass is 16.5. The van der Waals surface area contributed by atoms with E-state index < -0.39 is 11.9 Å². The molecule has 168 valence electrons. The maximum atomic E-state index is 12.5. The van der Waals surface area contributed by atoms with Crippen molar-refractivity contribution in [1.82, 2.24) is 19.6 Å². The number of ether oxygens (including phenoxy) is 1. The molecule has 4 aromatic rings. The van der Waals surface area contributed by atoms with Crippen LogP contribution < -0.4 is 10.1 Å². The molecule has 2 aromatic heterocycles. The van der Waals surface area contributed by atoms with Gasteiger partial charge in [0.25, 0.3) is 0 Å². The molecule has 9 heteroatoms. The first-order chi connectivity index (χ1) is 15.9. The Kier molecular flexibility index (Phi) is 6.21. The Labute approximate surface area is 190 Å². The minimum absolute atomic E-state index is 0.0558. The van der Waals surface area contributed by atoms with E-state index in [0.717, 1.165) is 27.3 Å². The van der Waals surface area contributed by atoms with Crippen LogP contribution in [-0.2, 0) is 18.1 Å². The second kappa shape index (κ2) is 9.39. The van der Waals surface area contributed by atoms with Crippen molar-refractivity contribution < 1.29 is 19.4 Å². The van der Waals surface area contributed by atoms with Crippen LogP contribution in [0.4, 0.5) is 5.69 Å². The molecule has 0 bridgehead atoms. The van der Waals surface area contributed by atoms with Crippen LogP contribution in [0.25, 0.3) is 11.1 Å². The molecule has 0 spiro atoms. The number of hydrogen-bond donors (Lipinski definition) is 2. The molecule has 33 heavy (non-hydrogen) atoms. The Morgan fingerprint density at radius 2 is 1.73 bits per heavy atom. The number of nitrogens with zero attached hydrogens (tertiary/aromatic N) is 4. The second-order valence-corrected chi connectivity index (χ2v) is 7.41. The van der Waals surface area contributed by atoms with Gasteiger partial charge in [0.2, 0.25) is 5.91 Å². The molecule has 0 atom stereocenters. The zero-order valence-corrected chi connectivity index (χ0v) is 18.2. The predicted molar refractivity (Wildman–Crippen MR) is 122 cm³/mol. The maximum absolute atomic E-state index is 12.5. The molecule has 2 heterocycles. The number of benzene rings is 2. The molecule has 0 saturated carbocycles. The Bertz CT molecular complexity index is 1290. The van der Waals surface area contributed by atoms with Crippen LogP contribution in [0.3, 0.4) is 0 Å². The maximum Gasteiger partial charge on any atom is 0.354 e. The van der Waals surface area contributed by atoms with Gasteiger partial charge in [-0.25, -0.2) is 14.2 Å². The van der Waals surface area contributed by atoms with Gasteiger partial charge in [-0.3, -0.25) is 4.79 Å². The number of para-hydroxylation sites is 1. The summed E-state index contributed by atoms with van der Waals surface area (Å²) in [7, 11) is 0. The van der Waals surface area contributed by atoms with Gasteiger partial charge in [0.05, 0.1) is 17.1 Å². The van der Waals surface area contributed by atoms with E-state index in [0.29, 0.717) is 11.4 Å². The van der Waals surface area contributed by atoms with Crippen LogP contribution in [0, 0.1) is 13.8 Å². The zero-order chi connectivity index (χ0) is 23.4. The number of carbonyl (C=O) groups excluding carboxylic acids is 1. The first-order valence-corrected chi connectivity index (χ1v) is 10.3. The summed E-state index contributed by atoms with van der Waals surface area (Å²) >= 11 is 0. The van der Waals surface area contributed by atoms with E-state index in [1.54, 1.807) is 11.6 Å². The van der Waals surface area contributed by atoms with Gasteiger partial charge in [-0.05, 0) is 31.5 Å². The topological polar surface area (TPSA) is 111 Å². The summed E-state index contributed by atoms with van der Waals surface area (Å²) in [6.07, 6.45) is 1.34. The van der Waals surface area contributed by atoms with Crippen LogP contribution >= 0.6 is 0 Å². The summed E-state index contributed by atoms with van der Waals surface area (Å²) in [4.78, 5) is 23.7. The van der Waals surface area contributed by atoms with E-state index in [1.807, 2.05) is 61.5 Å². The number of anilines is 1. The third-order valence-corrected chi connectivity index (χ3v) is 5.19. The number of carbonyl (C=O) groups is 2. The summed E-state index contributed by atoms with van der Waals surface area (Å²) < 4.78 is 8.87. The molecule has 2 N–H and O–H groups in total. The Morgan fingerprint density at radius 3 is 2.48 bits per heavy atom. The molecule has 0 fully saturated rings. The van der Waals surface area contributed by atoms with Crippen molar-refractivity contribution in [2.45, 2.75) is 27.1 Å². The lowest BCUT2D eigenvalue weighted by Gasteiger charge is -2.13. The average molecular weight is 445 g/mol. The van der Waals surface area contributed by atoms with Gasteiger partial charge in [0.1, 0.15) is 18.0 Å². The highest BCUT2D eigenvalue weighted by molar-refractivity contribution is 5.92. The molecule has 0 radical (unpaired) electrons. The molecule has 0 aliphatic heterocycles. The Balaban J connectivity index is 1.47. The Morgan fingerprint density at radius 1 is 1.00 bits per heavy atom. The minimum atomic E-state index is -1.14. The molecule has 2 aromatic carbocycles. The average Bonchev–Trinajstić information content (AvgIpc) is 3.38. The normalized spacial score (nSPS) is 10.7. The standard InChI is InChI=1S/C24H23N5O4/c1-16-23(26-22(30)14-28-20(24(31)32)12-13-25-28)17(2)29(27-16)15-33-21-11-7-6-10-19(21)18-8-4-3-5-9-18/h3-13H,14-15H2,1-2H3,(H,26,30)(H,31,32). The molecule has 0 aliphatic rings. The summed E-state index contributed by atoms with van der Waals surface area (Å²) in [6.45, 7) is 3.56. The lowest BCUT2D eigenvalue weighted by molar-refractivity contribution is -0.116. The number of hydrogen-bond acceptors (Lipinski definition) is 5. The van der Waals surface area contributed by atoms with Crippen molar-refractivity contribution in [3.8, 4) is 16.9 Å². The van der Waals surface area contributed by atoms with Gasteiger partial charge in [-0.15, -0.1) is 0 Å². The van der Waals surface area contributed by atoms with Gasteiger partial charge in [0.15, 0.2) is 6.73 Å². The van der Waals surface area contributed by atoms with E-state index in [9.17, 15) is 14.7 Å². The van der Waals surface area contributed by atoms with Crippen molar-refractivity contribution in [3.05, 3.63) is 83.9 Å². The summed E-state index contributed by atoms with van der Waals surface area (Å²) in [5.41, 5.74) is 3.87. The molecule has 0 aliphatic carbocycles. The van der Waals surface area contributed by atoms with Crippen LogP contribution in [0.5, 0.6) is 5.75 Å². The van der Waals surface area contributed by atoms with Crippen LogP contribution in [0.15, 0.2) is 66.9 Å². The third kappa shape index (κ3) is 4.77. The molecule has 0 saturated heterocycles. The first-order valence-electron chi connectivity index (χ1n) is 10.3. The highest BCUT2D eigenvalue weighted by Crippen LogP contribution is 2.30. The number of carboxylic acid groups (broad SMARTS) is 1. The van der Waals surface area contributed by atoms with E-state index in [-0.39, 0.29) is 19.0 Å². The zero-order valence-electron chi connectivity index (χ0n) is 18.2. The van der Waals surface area contributed by atoms with Crippen LogP contribution in [0.1, 0.15) is 21.9 Å². The number of nitrogens with one attached hydrogen (secondary N) is 1.